The number of carbonyl (C=O) groups is 2. The Labute approximate surface area is 171 Å². The third-order valence-corrected chi connectivity index (χ3v) is 4.56. The highest BCUT2D eigenvalue weighted by Crippen LogP contribution is 2.26. The number of fused-ring (bicyclic) bond motifs is 1. The number of hydrogen-bond acceptors (Lipinski definition) is 6. The zero-order valence-corrected chi connectivity index (χ0v) is 16.3. The quantitative estimate of drug-likeness (QED) is 0.300. The minimum atomic E-state index is -0.462. The summed E-state index contributed by atoms with van der Waals surface area (Å²) in [5.74, 6) is 0.304. The number of methoxy groups -OCH3 is 1. The van der Waals surface area contributed by atoms with Gasteiger partial charge in [0, 0.05) is 10.9 Å². The first-order valence-corrected chi connectivity index (χ1v) is 9.16. The topological polar surface area (TPSA) is 94.0 Å². The number of aryl methyl sites for hydroxylation is 1. The van der Waals surface area contributed by atoms with Gasteiger partial charge in [-0.1, -0.05) is 24.3 Å². The number of esters is 1. The molecule has 0 aliphatic rings. The van der Waals surface area contributed by atoms with Gasteiger partial charge in [0.1, 0.15) is 17.1 Å². The molecule has 0 aliphatic heterocycles. The van der Waals surface area contributed by atoms with E-state index in [2.05, 4.69) is 10.5 Å². The van der Waals surface area contributed by atoms with Crippen molar-refractivity contribution in [1.82, 2.24) is 5.43 Å². The van der Waals surface area contributed by atoms with Crippen LogP contribution in [-0.2, 0) is 4.74 Å². The molecule has 0 atom stereocenters. The molecule has 4 aromatic rings. The number of para-hydroxylation sites is 1. The number of nitrogens with zero attached hydrogens (tertiary/aromatic N) is 1. The highest BCUT2D eigenvalue weighted by molar-refractivity contribution is 5.96. The Bertz CT molecular complexity index is 1230. The Morgan fingerprint density at radius 2 is 1.87 bits per heavy atom. The van der Waals surface area contributed by atoms with Gasteiger partial charge in [0.25, 0.3) is 0 Å². The molecule has 7 nitrogen and oxygen atoms in total. The van der Waals surface area contributed by atoms with Crippen molar-refractivity contribution in [1.29, 1.82) is 0 Å². The first kappa shape index (κ1) is 19.2. The van der Waals surface area contributed by atoms with Crippen LogP contribution < -0.4 is 5.43 Å². The molecule has 0 saturated carbocycles. The van der Waals surface area contributed by atoms with Gasteiger partial charge in [-0.2, -0.15) is 5.10 Å². The molecule has 30 heavy (non-hydrogen) atoms. The van der Waals surface area contributed by atoms with E-state index in [4.69, 9.17) is 13.6 Å². The van der Waals surface area contributed by atoms with Crippen molar-refractivity contribution in [3.8, 4) is 11.3 Å². The molecule has 1 amide bonds. The number of hydrazone groups is 1. The van der Waals surface area contributed by atoms with E-state index < -0.39 is 11.9 Å². The number of furan rings is 2. The summed E-state index contributed by atoms with van der Waals surface area (Å²) in [7, 11) is 1.34. The highest BCUT2D eigenvalue weighted by Gasteiger charge is 2.13. The van der Waals surface area contributed by atoms with Crippen molar-refractivity contribution in [3.63, 3.8) is 0 Å². The molecule has 2 aromatic carbocycles. The van der Waals surface area contributed by atoms with Crippen LogP contribution in [0.3, 0.4) is 0 Å². The summed E-state index contributed by atoms with van der Waals surface area (Å²) in [6, 6.07) is 17.7. The predicted molar refractivity (Wildman–Crippen MR) is 111 cm³/mol. The second-order valence-electron chi connectivity index (χ2n) is 6.57. The van der Waals surface area contributed by atoms with Crippen molar-refractivity contribution in [2.75, 3.05) is 7.11 Å². The number of ether oxygens (including phenoxy) is 1. The van der Waals surface area contributed by atoms with Crippen molar-refractivity contribution < 1.29 is 23.2 Å². The largest absolute Gasteiger partial charge is 0.465 e. The van der Waals surface area contributed by atoms with Crippen LogP contribution in [0.5, 0.6) is 0 Å². The molecule has 0 radical (unpaired) electrons. The van der Waals surface area contributed by atoms with E-state index in [0.29, 0.717) is 22.7 Å². The van der Waals surface area contributed by atoms with E-state index >= 15 is 0 Å². The number of carbonyl (C=O) groups excluding carboxylic acids is 2. The van der Waals surface area contributed by atoms with Crippen molar-refractivity contribution >= 4 is 29.1 Å². The molecule has 2 heterocycles. The molecule has 2 aromatic heterocycles. The van der Waals surface area contributed by atoms with Crippen LogP contribution >= 0.6 is 0 Å². The predicted octanol–water partition coefficient (Wildman–Crippen LogP) is 4.55. The summed E-state index contributed by atoms with van der Waals surface area (Å²) in [4.78, 5) is 24.0. The van der Waals surface area contributed by atoms with Crippen LogP contribution in [0.1, 0.15) is 32.2 Å². The van der Waals surface area contributed by atoms with Gasteiger partial charge in [-0.3, -0.25) is 4.79 Å². The molecule has 0 aliphatic carbocycles. The van der Waals surface area contributed by atoms with Crippen molar-refractivity contribution in [2.24, 2.45) is 5.10 Å². The molecule has 7 heteroatoms. The minimum Gasteiger partial charge on any atom is -0.465 e. The van der Waals surface area contributed by atoms with Gasteiger partial charge in [-0.15, -0.1) is 0 Å². The van der Waals surface area contributed by atoms with Crippen LogP contribution in [0.2, 0.25) is 0 Å². The van der Waals surface area contributed by atoms with Crippen LogP contribution in [0.25, 0.3) is 22.3 Å². The third kappa shape index (κ3) is 3.86. The van der Waals surface area contributed by atoms with E-state index in [-0.39, 0.29) is 5.76 Å². The first-order chi connectivity index (χ1) is 14.5. The van der Waals surface area contributed by atoms with Crippen LogP contribution in [0, 0.1) is 6.92 Å². The first-order valence-electron chi connectivity index (χ1n) is 9.16. The van der Waals surface area contributed by atoms with Gasteiger partial charge >= 0.3 is 11.9 Å². The summed E-state index contributed by atoms with van der Waals surface area (Å²) < 4.78 is 16.0. The van der Waals surface area contributed by atoms with E-state index in [0.717, 1.165) is 16.5 Å². The third-order valence-electron chi connectivity index (χ3n) is 4.56. The van der Waals surface area contributed by atoms with E-state index in [1.54, 1.807) is 36.4 Å². The summed E-state index contributed by atoms with van der Waals surface area (Å²) in [5.41, 5.74) is 5.19. The average Bonchev–Trinajstić information content (AvgIpc) is 3.40. The fourth-order valence-electron chi connectivity index (χ4n) is 3.00. The number of hydrogen-bond donors (Lipinski definition) is 1. The van der Waals surface area contributed by atoms with Crippen LogP contribution in [0.15, 0.2) is 74.6 Å². The summed E-state index contributed by atoms with van der Waals surface area (Å²) in [6.07, 6.45) is 1.39. The summed E-state index contributed by atoms with van der Waals surface area (Å²) in [6.45, 7) is 1.92. The minimum absolute atomic E-state index is 0.170. The standard InChI is InChI=1S/C23H18N2O5/c1-14-7-8-16(23(27)28-2)11-18(14)20-10-9-17(29-20)13-24-25-22(26)21-12-15-5-3-4-6-19(15)30-21/h3-13H,1-2H3,(H,25,26)/b24-13+. The van der Waals surface area contributed by atoms with Crippen molar-refractivity contribution in [2.45, 2.75) is 6.92 Å². The van der Waals surface area contributed by atoms with E-state index in [1.807, 2.05) is 31.2 Å². The second kappa shape index (κ2) is 8.08. The van der Waals surface area contributed by atoms with Gasteiger partial charge in [0.05, 0.1) is 18.9 Å². The molecule has 4 rings (SSSR count). The lowest BCUT2D eigenvalue weighted by Gasteiger charge is -2.05. The van der Waals surface area contributed by atoms with Crippen LogP contribution in [0.4, 0.5) is 0 Å². The number of nitrogens with one attached hydrogen (secondary N) is 1. The Morgan fingerprint density at radius 3 is 2.67 bits per heavy atom. The Hall–Kier alpha value is -4.13. The molecule has 0 saturated heterocycles. The molecule has 0 fully saturated rings. The Kier molecular flexibility index (Phi) is 5.17. The lowest BCUT2D eigenvalue weighted by atomic mass is 10.0. The number of rotatable bonds is 5. The van der Waals surface area contributed by atoms with Gasteiger partial charge in [-0.25, -0.2) is 10.2 Å². The fraction of sp³-hybridized carbons (Fsp3) is 0.0870. The monoisotopic (exact) mass is 402 g/mol. The average molecular weight is 402 g/mol. The van der Waals surface area contributed by atoms with Gasteiger partial charge in [-0.05, 0) is 48.9 Å². The molecular weight excluding hydrogens is 384 g/mol. The molecule has 150 valence electrons. The van der Waals surface area contributed by atoms with Crippen LogP contribution in [-0.4, -0.2) is 25.2 Å². The zero-order valence-electron chi connectivity index (χ0n) is 16.3. The zero-order chi connectivity index (χ0) is 21.1. The van der Waals surface area contributed by atoms with Gasteiger partial charge in [0.2, 0.25) is 0 Å². The highest BCUT2D eigenvalue weighted by atomic mass is 16.5. The Morgan fingerprint density at radius 1 is 1.03 bits per heavy atom. The number of amides is 1. The lowest BCUT2D eigenvalue weighted by molar-refractivity contribution is 0.0600. The molecule has 1 N–H and O–H groups in total. The van der Waals surface area contributed by atoms with Gasteiger partial charge in [0.15, 0.2) is 5.76 Å². The Balaban J connectivity index is 1.47. The van der Waals surface area contributed by atoms with Crippen molar-refractivity contribution in [3.05, 3.63) is 83.3 Å². The number of benzene rings is 2. The normalized spacial score (nSPS) is 11.1. The molecule has 0 unspecified atom stereocenters. The molecular formula is C23H18N2O5. The molecule has 0 spiro atoms. The van der Waals surface area contributed by atoms with Gasteiger partial charge < -0.3 is 13.6 Å². The SMILES string of the molecule is COC(=O)c1ccc(C)c(-c2ccc(/C=N/NC(=O)c3cc4ccccc4o3)o2)c1. The summed E-state index contributed by atoms with van der Waals surface area (Å²) >= 11 is 0. The smallest absolute Gasteiger partial charge is 0.337 e. The maximum Gasteiger partial charge on any atom is 0.337 e. The lowest BCUT2D eigenvalue weighted by Crippen LogP contribution is -2.16. The molecule has 0 bridgehead atoms. The second-order valence-corrected chi connectivity index (χ2v) is 6.57. The maximum absolute atomic E-state index is 12.2. The van der Waals surface area contributed by atoms with E-state index in [1.165, 1.54) is 13.3 Å². The fourth-order valence-corrected chi connectivity index (χ4v) is 3.00. The summed E-state index contributed by atoms with van der Waals surface area (Å²) in [5, 5.41) is 4.76. The maximum atomic E-state index is 12.2. The van der Waals surface area contributed by atoms with E-state index in [9.17, 15) is 9.59 Å².